The molecule has 0 spiro atoms. The van der Waals surface area contributed by atoms with Gasteiger partial charge in [-0.05, 0) is 36.3 Å². The van der Waals surface area contributed by atoms with Crippen molar-refractivity contribution in [3.63, 3.8) is 0 Å². The van der Waals surface area contributed by atoms with Gasteiger partial charge in [0, 0.05) is 66.5 Å². The van der Waals surface area contributed by atoms with Crippen molar-refractivity contribution < 1.29 is 23.8 Å². The average molecular weight is 503 g/mol. The molecule has 0 saturated carbocycles. The van der Waals surface area contributed by atoms with Gasteiger partial charge in [-0.25, -0.2) is 0 Å². The fourth-order valence-corrected chi connectivity index (χ4v) is 5.44. The minimum atomic E-state index is -0.0732. The summed E-state index contributed by atoms with van der Waals surface area (Å²) in [6, 6.07) is 9.72. The van der Waals surface area contributed by atoms with Gasteiger partial charge in [0.1, 0.15) is 18.1 Å². The van der Waals surface area contributed by atoms with Crippen molar-refractivity contribution in [2.45, 2.75) is 19.4 Å². The molecule has 0 fully saturated rings. The molecule has 37 heavy (non-hydrogen) atoms. The summed E-state index contributed by atoms with van der Waals surface area (Å²) in [6.45, 7) is 4.57. The Hall–Kier alpha value is -3.98. The number of carbonyl (C=O) groups is 1. The Morgan fingerprint density at radius 3 is 2.78 bits per heavy atom. The van der Waals surface area contributed by atoms with E-state index in [9.17, 15) is 4.79 Å². The van der Waals surface area contributed by atoms with Crippen LogP contribution in [-0.4, -0.2) is 68.1 Å². The largest absolute Gasteiger partial charge is 0.493 e. The zero-order valence-corrected chi connectivity index (χ0v) is 21.2. The zero-order chi connectivity index (χ0) is 25.5. The van der Waals surface area contributed by atoms with Crippen LogP contribution in [-0.2, 0) is 9.63 Å². The molecule has 1 aromatic heterocycles. The maximum atomic E-state index is 11.5. The van der Waals surface area contributed by atoms with Crippen LogP contribution in [0, 0.1) is 5.92 Å². The van der Waals surface area contributed by atoms with E-state index in [1.807, 2.05) is 30.3 Å². The SMILES string of the molecule is COc1cc2c(cc1OC)C1=NOC(CN3CC=C(c4c[nH]c5ccc(NC(C)=O)cc45)CC3)C1CO2. The number of carbonyl (C=O) groups excluding carboxylic acids is 1. The van der Waals surface area contributed by atoms with Crippen LogP contribution in [0.5, 0.6) is 17.2 Å². The van der Waals surface area contributed by atoms with E-state index in [2.05, 4.69) is 32.6 Å². The van der Waals surface area contributed by atoms with E-state index in [0.717, 1.165) is 59.7 Å². The second kappa shape index (κ2) is 9.48. The lowest BCUT2D eigenvalue weighted by Gasteiger charge is -2.31. The Morgan fingerprint density at radius 1 is 1.19 bits per heavy atom. The number of fused-ring (bicyclic) bond motifs is 4. The highest BCUT2D eigenvalue weighted by Crippen LogP contribution is 2.41. The van der Waals surface area contributed by atoms with E-state index in [0.29, 0.717) is 18.1 Å². The third-order valence-electron chi connectivity index (χ3n) is 7.35. The van der Waals surface area contributed by atoms with Gasteiger partial charge in [0.2, 0.25) is 5.91 Å². The predicted molar refractivity (Wildman–Crippen MR) is 142 cm³/mol. The summed E-state index contributed by atoms with van der Waals surface area (Å²) >= 11 is 0. The summed E-state index contributed by atoms with van der Waals surface area (Å²) < 4.78 is 17.0. The van der Waals surface area contributed by atoms with Crippen LogP contribution in [0.1, 0.15) is 24.5 Å². The number of aromatic amines is 1. The van der Waals surface area contributed by atoms with Gasteiger partial charge in [0.25, 0.3) is 0 Å². The smallest absolute Gasteiger partial charge is 0.221 e. The number of anilines is 1. The molecule has 3 aliphatic rings. The highest BCUT2D eigenvalue weighted by atomic mass is 16.6. The molecule has 0 radical (unpaired) electrons. The Morgan fingerprint density at radius 2 is 2.03 bits per heavy atom. The van der Waals surface area contributed by atoms with E-state index in [1.54, 1.807) is 14.2 Å². The number of nitrogens with one attached hydrogen (secondary N) is 2. The number of hydrogen-bond acceptors (Lipinski definition) is 7. The minimum absolute atomic E-state index is 0.0665. The van der Waals surface area contributed by atoms with Crippen LogP contribution in [0.15, 0.2) is 47.8 Å². The fourth-order valence-electron chi connectivity index (χ4n) is 5.44. The molecule has 3 aliphatic heterocycles. The van der Waals surface area contributed by atoms with Crippen LogP contribution in [0.4, 0.5) is 5.69 Å². The van der Waals surface area contributed by atoms with Gasteiger partial charge in [-0.2, -0.15) is 0 Å². The summed E-state index contributed by atoms with van der Waals surface area (Å²) in [5.41, 5.74) is 6.17. The Balaban J connectivity index is 1.14. The van der Waals surface area contributed by atoms with Gasteiger partial charge in [0.05, 0.1) is 20.1 Å². The number of H-pyrrole nitrogens is 1. The second-order valence-electron chi connectivity index (χ2n) is 9.62. The third-order valence-corrected chi connectivity index (χ3v) is 7.35. The minimum Gasteiger partial charge on any atom is -0.493 e. The molecule has 192 valence electrons. The molecule has 4 heterocycles. The van der Waals surface area contributed by atoms with Gasteiger partial charge in [-0.15, -0.1) is 0 Å². The summed E-state index contributed by atoms with van der Waals surface area (Å²) in [4.78, 5) is 23.2. The summed E-state index contributed by atoms with van der Waals surface area (Å²) in [7, 11) is 3.24. The van der Waals surface area contributed by atoms with Gasteiger partial charge < -0.3 is 29.3 Å². The Bertz CT molecular complexity index is 1430. The molecule has 9 nitrogen and oxygen atoms in total. The Labute approximate surface area is 215 Å². The standard InChI is InChI=1S/C28H30N4O5/c1-16(33)30-18-4-5-23-19(10-18)21(13-29-23)17-6-8-32(9-7-17)14-27-22-15-36-24-12-26(35-3)25(34-2)11-20(24)28(22)31-37-27/h4-6,10-13,22,27,29H,7-9,14-15H2,1-3H3,(H,30,33). The zero-order valence-electron chi connectivity index (χ0n) is 21.2. The van der Waals surface area contributed by atoms with Crippen molar-refractivity contribution in [1.29, 1.82) is 0 Å². The third kappa shape index (κ3) is 4.29. The molecule has 6 rings (SSSR count). The van der Waals surface area contributed by atoms with Crippen LogP contribution in [0.2, 0.25) is 0 Å². The number of amides is 1. The molecule has 1 amide bonds. The lowest BCUT2D eigenvalue weighted by atomic mass is 9.89. The monoisotopic (exact) mass is 502 g/mol. The molecule has 0 bridgehead atoms. The highest BCUT2D eigenvalue weighted by molar-refractivity contribution is 6.06. The number of benzene rings is 2. The molecular weight excluding hydrogens is 472 g/mol. The van der Waals surface area contributed by atoms with Crippen molar-refractivity contribution in [3.8, 4) is 17.2 Å². The molecule has 2 aromatic carbocycles. The summed E-state index contributed by atoms with van der Waals surface area (Å²) in [6.07, 6.45) is 5.21. The molecule has 2 unspecified atom stereocenters. The number of oxime groups is 1. The van der Waals surface area contributed by atoms with Gasteiger partial charge >= 0.3 is 0 Å². The van der Waals surface area contributed by atoms with E-state index >= 15 is 0 Å². The van der Waals surface area contributed by atoms with Crippen LogP contribution < -0.4 is 19.5 Å². The second-order valence-corrected chi connectivity index (χ2v) is 9.62. The number of methoxy groups -OCH3 is 2. The van der Waals surface area contributed by atoms with E-state index in [1.165, 1.54) is 18.1 Å². The molecule has 0 saturated heterocycles. The first-order valence-electron chi connectivity index (χ1n) is 12.5. The topological polar surface area (TPSA) is 97.4 Å². The average Bonchev–Trinajstić information content (AvgIpc) is 3.52. The van der Waals surface area contributed by atoms with Crippen LogP contribution in [0.3, 0.4) is 0 Å². The number of nitrogens with zero attached hydrogens (tertiary/aromatic N) is 2. The first-order chi connectivity index (χ1) is 18.0. The molecule has 0 aliphatic carbocycles. The molecular formula is C28H30N4O5. The number of ether oxygens (including phenoxy) is 3. The van der Waals surface area contributed by atoms with Gasteiger partial charge in [-0.1, -0.05) is 11.2 Å². The fraction of sp³-hybridized carbons (Fsp3) is 0.357. The normalized spacial score (nSPS) is 20.7. The molecule has 2 N–H and O–H groups in total. The quantitative estimate of drug-likeness (QED) is 0.528. The summed E-state index contributed by atoms with van der Waals surface area (Å²) in [5.74, 6) is 2.01. The van der Waals surface area contributed by atoms with Crippen molar-refractivity contribution >= 4 is 33.8 Å². The Kier molecular flexibility index (Phi) is 6.00. The van der Waals surface area contributed by atoms with E-state index in [4.69, 9.17) is 19.0 Å². The van der Waals surface area contributed by atoms with Gasteiger partial charge in [0.15, 0.2) is 17.6 Å². The molecule has 9 heteroatoms. The van der Waals surface area contributed by atoms with Crippen LogP contribution in [0.25, 0.3) is 16.5 Å². The molecule has 3 aromatic rings. The van der Waals surface area contributed by atoms with Crippen molar-refractivity contribution in [2.24, 2.45) is 11.1 Å². The first-order valence-corrected chi connectivity index (χ1v) is 12.5. The van der Waals surface area contributed by atoms with Crippen molar-refractivity contribution in [3.05, 3.63) is 53.7 Å². The highest BCUT2D eigenvalue weighted by Gasteiger charge is 2.41. The lowest BCUT2D eigenvalue weighted by molar-refractivity contribution is -0.114. The number of hydrogen-bond donors (Lipinski definition) is 2. The molecule has 2 atom stereocenters. The lowest BCUT2D eigenvalue weighted by Crippen LogP contribution is -2.42. The summed E-state index contributed by atoms with van der Waals surface area (Å²) in [5, 5.41) is 8.45. The predicted octanol–water partition coefficient (Wildman–Crippen LogP) is 4.04. The van der Waals surface area contributed by atoms with Crippen LogP contribution >= 0.6 is 0 Å². The maximum Gasteiger partial charge on any atom is 0.221 e. The van der Waals surface area contributed by atoms with E-state index in [-0.39, 0.29) is 17.9 Å². The van der Waals surface area contributed by atoms with Crippen molar-refractivity contribution in [1.82, 2.24) is 9.88 Å². The first kappa shape index (κ1) is 23.4. The number of rotatable bonds is 6. The van der Waals surface area contributed by atoms with E-state index < -0.39 is 0 Å². The number of aromatic nitrogens is 1. The van der Waals surface area contributed by atoms with Crippen molar-refractivity contribution in [2.75, 3.05) is 45.8 Å². The maximum absolute atomic E-state index is 11.5. The van der Waals surface area contributed by atoms with Gasteiger partial charge in [-0.3, -0.25) is 9.69 Å².